The molecule has 0 aliphatic carbocycles. The van der Waals surface area contributed by atoms with Crippen molar-refractivity contribution in [1.29, 1.82) is 0 Å². The molecule has 3 aromatic carbocycles. The second-order valence-electron chi connectivity index (χ2n) is 7.55. The maximum absolute atomic E-state index is 5.52. The Kier molecular flexibility index (Phi) is 4.87. The first-order valence-electron chi connectivity index (χ1n) is 10.1. The highest BCUT2D eigenvalue weighted by atomic mass is 16.5. The van der Waals surface area contributed by atoms with Gasteiger partial charge in [-0.1, -0.05) is 78.0 Å². The van der Waals surface area contributed by atoms with Gasteiger partial charge in [0.05, 0.1) is 0 Å². The number of nitrogens with one attached hydrogen (secondary N) is 1. The van der Waals surface area contributed by atoms with Crippen molar-refractivity contribution in [2.24, 2.45) is 0 Å². The topological polar surface area (TPSA) is 82.4 Å². The molecule has 2 heterocycles. The molecule has 1 atom stereocenters. The molecule has 30 heavy (non-hydrogen) atoms. The zero-order chi connectivity index (χ0) is 20.3. The second-order valence-corrected chi connectivity index (χ2v) is 7.55. The minimum Gasteiger partial charge on any atom is -0.361 e. The van der Waals surface area contributed by atoms with Gasteiger partial charge in [-0.05, 0) is 28.3 Å². The van der Waals surface area contributed by atoms with Crippen LogP contribution in [0.25, 0.3) is 22.0 Å². The molecule has 5 heteroatoms. The molecule has 5 nitrogen and oxygen atoms in total. The molecule has 0 radical (unpaired) electrons. The van der Waals surface area contributed by atoms with Crippen LogP contribution in [0.3, 0.4) is 0 Å². The van der Waals surface area contributed by atoms with E-state index in [-0.39, 0.29) is 6.04 Å². The van der Waals surface area contributed by atoms with Gasteiger partial charge in [0.15, 0.2) is 11.9 Å². The summed E-state index contributed by atoms with van der Waals surface area (Å²) < 4.78 is 5.52. The lowest BCUT2D eigenvalue weighted by Crippen LogP contribution is -2.54. The lowest BCUT2D eigenvalue weighted by Gasteiger charge is -2.03. The Morgan fingerprint density at radius 2 is 1.60 bits per heavy atom. The first-order chi connectivity index (χ1) is 14.8. The molecule has 0 aliphatic rings. The van der Waals surface area contributed by atoms with Crippen molar-refractivity contribution in [3.63, 3.8) is 0 Å². The van der Waals surface area contributed by atoms with Crippen LogP contribution < -0.4 is 5.73 Å². The van der Waals surface area contributed by atoms with Gasteiger partial charge in [0, 0.05) is 29.9 Å². The fourth-order valence-corrected chi connectivity index (χ4v) is 3.79. The predicted octanol–water partition coefficient (Wildman–Crippen LogP) is 4.33. The summed E-state index contributed by atoms with van der Waals surface area (Å²) in [6.07, 6.45) is 3.42. The molecular formula is C25H23N4O+. The zero-order valence-corrected chi connectivity index (χ0v) is 16.6. The summed E-state index contributed by atoms with van der Waals surface area (Å²) >= 11 is 0. The molecule has 0 unspecified atom stereocenters. The van der Waals surface area contributed by atoms with E-state index < -0.39 is 0 Å². The fraction of sp³-hybridized carbons (Fsp3) is 0.120. The summed E-state index contributed by atoms with van der Waals surface area (Å²) in [6.45, 7) is 0. The summed E-state index contributed by atoms with van der Waals surface area (Å²) in [5.74, 6) is 1.27. The van der Waals surface area contributed by atoms with Crippen molar-refractivity contribution < 1.29 is 10.3 Å². The van der Waals surface area contributed by atoms with Gasteiger partial charge in [0.1, 0.15) is 0 Å². The third-order valence-electron chi connectivity index (χ3n) is 5.40. The van der Waals surface area contributed by atoms with Gasteiger partial charge in [-0.2, -0.15) is 4.98 Å². The van der Waals surface area contributed by atoms with Gasteiger partial charge in [-0.25, -0.2) is 0 Å². The number of aromatic nitrogens is 3. The number of aromatic amines is 1. The molecule has 148 valence electrons. The Morgan fingerprint density at radius 3 is 2.43 bits per heavy atom. The number of nitrogens with zero attached hydrogens (tertiary/aromatic N) is 2. The standard InChI is InChI=1S/C25H22N4O/c26-22(15-20-16-27-23-9-5-4-8-21(20)23)25-28-24(29-30-25)14-17-10-12-19(13-11-17)18-6-2-1-3-7-18/h1-13,16,22,27H,14-15,26H2/p+1/t22-/m0/s1. The van der Waals surface area contributed by atoms with Crippen LogP contribution in [-0.4, -0.2) is 15.1 Å². The molecule has 0 aliphatic heterocycles. The second kappa shape index (κ2) is 7.97. The number of hydrogen-bond donors (Lipinski definition) is 2. The van der Waals surface area contributed by atoms with Gasteiger partial charge in [0.25, 0.3) is 5.89 Å². The Balaban J connectivity index is 1.27. The summed E-state index contributed by atoms with van der Waals surface area (Å²) in [5, 5.41) is 5.38. The molecular weight excluding hydrogens is 372 g/mol. The molecule has 0 amide bonds. The van der Waals surface area contributed by atoms with E-state index in [1.165, 1.54) is 22.1 Å². The van der Waals surface area contributed by atoms with Crippen LogP contribution in [-0.2, 0) is 12.8 Å². The SMILES string of the molecule is [NH3+][C@@H](Cc1c[nH]c2ccccc12)c1nc(Cc2ccc(-c3ccccc3)cc2)no1. The molecule has 0 fully saturated rings. The van der Waals surface area contributed by atoms with Crippen LogP contribution in [0, 0.1) is 0 Å². The smallest absolute Gasteiger partial charge is 0.285 e. The van der Waals surface area contributed by atoms with Gasteiger partial charge in [-0.15, -0.1) is 0 Å². The maximum Gasteiger partial charge on any atom is 0.285 e. The Bertz CT molecular complexity index is 1260. The zero-order valence-electron chi connectivity index (χ0n) is 16.6. The number of fused-ring (bicyclic) bond motifs is 1. The predicted molar refractivity (Wildman–Crippen MR) is 117 cm³/mol. The highest BCUT2D eigenvalue weighted by Crippen LogP contribution is 2.23. The molecule has 0 bridgehead atoms. The van der Waals surface area contributed by atoms with E-state index in [2.05, 4.69) is 81.5 Å². The van der Waals surface area contributed by atoms with E-state index in [1.54, 1.807) is 0 Å². The first kappa shape index (κ1) is 18.3. The van der Waals surface area contributed by atoms with E-state index in [0.717, 1.165) is 17.5 Å². The quantitative estimate of drug-likeness (QED) is 0.449. The monoisotopic (exact) mass is 395 g/mol. The average Bonchev–Trinajstić information content (AvgIpc) is 3.42. The highest BCUT2D eigenvalue weighted by Gasteiger charge is 2.20. The van der Waals surface area contributed by atoms with Crippen molar-refractivity contribution in [1.82, 2.24) is 15.1 Å². The van der Waals surface area contributed by atoms with E-state index in [4.69, 9.17) is 4.52 Å². The van der Waals surface area contributed by atoms with Crippen LogP contribution in [0.5, 0.6) is 0 Å². The Hall–Kier alpha value is -3.70. The fourth-order valence-electron chi connectivity index (χ4n) is 3.79. The number of benzene rings is 3. The summed E-state index contributed by atoms with van der Waals surface area (Å²) in [5.41, 5.74) is 10.1. The van der Waals surface area contributed by atoms with Crippen molar-refractivity contribution >= 4 is 10.9 Å². The minimum absolute atomic E-state index is 0.0917. The molecule has 0 saturated heterocycles. The van der Waals surface area contributed by atoms with Crippen molar-refractivity contribution in [2.45, 2.75) is 18.9 Å². The number of quaternary nitrogens is 1. The first-order valence-corrected chi connectivity index (χ1v) is 10.1. The summed E-state index contributed by atoms with van der Waals surface area (Å²) in [6, 6.07) is 27.0. The number of para-hydroxylation sites is 1. The van der Waals surface area contributed by atoms with Gasteiger partial charge in [-0.3, -0.25) is 0 Å². The molecule has 5 aromatic rings. The highest BCUT2D eigenvalue weighted by molar-refractivity contribution is 5.83. The van der Waals surface area contributed by atoms with Crippen LogP contribution >= 0.6 is 0 Å². The molecule has 0 spiro atoms. The molecule has 5 rings (SSSR count). The molecule has 2 aromatic heterocycles. The third kappa shape index (κ3) is 3.75. The third-order valence-corrected chi connectivity index (χ3v) is 5.40. The van der Waals surface area contributed by atoms with Crippen molar-refractivity contribution in [2.75, 3.05) is 0 Å². The van der Waals surface area contributed by atoms with E-state index in [1.807, 2.05) is 24.4 Å². The summed E-state index contributed by atoms with van der Waals surface area (Å²) in [7, 11) is 0. The van der Waals surface area contributed by atoms with Crippen LogP contribution in [0.2, 0.25) is 0 Å². The minimum atomic E-state index is -0.0917. The Morgan fingerprint density at radius 1 is 0.867 bits per heavy atom. The van der Waals surface area contributed by atoms with Crippen LogP contribution in [0.15, 0.2) is 89.6 Å². The van der Waals surface area contributed by atoms with E-state index in [9.17, 15) is 0 Å². The largest absolute Gasteiger partial charge is 0.361 e. The van der Waals surface area contributed by atoms with Gasteiger partial charge >= 0.3 is 0 Å². The normalized spacial score (nSPS) is 12.3. The maximum atomic E-state index is 5.52. The molecule has 4 N–H and O–H groups in total. The number of H-pyrrole nitrogens is 1. The van der Waals surface area contributed by atoms with Crippen LogP contribution in [0.4, 0.5) is 0 Å². The van der Waals surface area contributed by atoms with Crippen molar-refractivity contribution in [3.8, 4) is 11.1 Å². The number of rotatable bonds is 6. The van der Waals surface area contributed by atoms with E-state index in [0.29, 0.717) is 18.1 Å². The lowest BCUT2D eigenvalue weighted by molar-refractivity contribution is -0.431. The summed E-state index contributed by atoms with van der Waals surface area (Å²) in [4.78, 5) is 7.90. The molecule has 0 saturated carbocycles. The average molecular weight is 395 g/mol. The lowest BCUT2D eigenvalue weighted by atomic mass is 10.0. The van der Waals surface area contributed by atoms with Gasteiger partial charge in [0.2, 0.25) is 0 Å². The Labute approximate surface area is 174 Å². The van der Waals surface area contributed by atoms with Crippen molar-refractivity contribution in [3.05, 3.63) is 108 Å². The van der Waals surface area contributed by atoms with E-state index >= 15 is 0 Å². The number of hydrogen-bond acceptors (Lipinski definition) is 3. The van der Waals surface area contributed by atoms with Crippen LogP contribution in [0.1, 0.15) is 28.9 Å². The van der Waals surface area contributed by atoms with Gasteiger partial charge < -0.3 is 15.2 Å².